The van der Waals surface area contributed by atoms with Crippen LogP contribution in [0.5, 0.6) is 23.0 Å². The molecule has 0 unspecified atom stereocenters. The van der Waals surface area contributed by atoms with Gasteiger partial charge in [0, 0.05) is 9.92 Å². The Kier molecular flexibility index (Phi) is 7.49. The molecule has 156 valence electrons. The lowest BCUT2D eigenvalue weighted by Crippen LogP contribution is -2.22. The van der Waals surface area contributed by atoms with Crippen LogP contribution in [-0.4, -0.2) is 25.4 Å². The molecule has 0 aliphatic heterocycles. The number of amides is 1. The van der Waals surface area contributed by atoms with Crippen LogP contribution >= 0.6 is 23.4 Å². The van der Waals surface area contributed by atoms with E-state index in [4.69, 9.17) is 25.8 Å². The summed E-state index contributed by atoms with van der Waals surface area (Å²) in [4.78, 5) is 13.7. The fourth-order valence-electron chi connectivity index (χ4n) is 2.69. The molecule has 0 radical (unpaired) electrons. The smallest absolute Gasteiger partial charge is 0.237 e. The van der Waals surface area contributed by atoms with Gasteiger partial charge in [0.1, 0.15) is 5.75 Å². The van der Waals surface area contributed by atoms with E-state index >= 15 is 0 Å². The van der Waals surface area contributed by atoms with Gasteiger partial charge in [0.25, 0.3) is 0 Å². The average molecular weight is 444 g/mol. The molecular weight excluding hydrogens is 422 g/mol. The van der Waals surface area contributed by atoms with Crippen molar-refractivity contribution in [1.82, 2.24) is 0 Å². The predicted molar refractivity (Wildman–Crippen MR) is 121 cm³/mol. The van der Waals surface area contributed by atoms with Gasteiger partial charge >= 0.3 is 0 Å². The van der Waals surface area contributed by atoms with Gasteiger partial charge in [-0.1, -0.05) is 29.8 Å². The number of methoxy groups -OCH3 is 2. The minimum absolute atomic E-state index is 0.171. The molecular formula is C23H22ClNO4S. The second kappa shape index (κ2) is 10.3. The van der Waals surface area contributed by atoms with Crippen molar-refractivity contribution in [1.29, 1.82) is 0 Å². The molecule has 0 aliphatic rings. The summed E-state index contributed by atoms with van der Waals surface area (Å²) >= 11 is 7.55. The van der Waals surface area contributed by atoms with E-state index in [2.05, 4.69) is 5.32 Å². The van der Waals surface area contributed by atoms with Crippen LogP contribution in [0.4, 0.5) is 5.69 Å². The lowest BCUT2D eigenvalue weighted by Gasteiger charge is -2.16. The van der Waals surface area contributed by atoms with Crippen LogP contribution < -0.4 is 19.5 Å². The molecule has 1 amide bonds. The van der Waals surface area contributed by atoms with Crippen molar-refractivity contribution in [3.63, 3.8) is 0 Å². The number of carbonyl (C=O) groups excluding carboxylic acids is 1. The maximum absolute atomic E-state index is 12.8. The zero-order valence-corrected chi connectivity index (χ0v) is 18.4. The van der Waals surface area contributed by atoms with E-state index in [1.807, 2.05) is 55.5 Å². The Morgan fingerprint density at radius 3 is 2.33 bits per heavy atom. The first-order chi connectivity index (χ1) is 14.5. The van der Waals surface area contributed by atoms with Crippen molar-refractivity contribution >= 4 is 35.0 Å². The maximum atomic E-state index is 12.8. The molecule has 3 aromatic carbocycles. The van der Waals surface area contributed by atoms with Crippen molar-refractivity contribution in [2.75, 3.05) is 19.5 Å². The van der Waals surface area contributed by atoms with Gasteiger partial charge in [0.05, 0.1) is 25.2 Å². The van der Waals surface area contributed by atoms with Crippen LogP contribution in [0.3, 0.4) is 0 Å². The first-order valence-electron chi connectivity index (χ1n) is 9.22. The molecule has 3 rings (SSSR count). The van der Waals surface area contributed by atoms with E-state index in [1.54, 1.807) is 32.4 Å². The summed E-state index contributed by atoms with van der Waals surface area (Å²) in [5.41, 5.74) is 0.510. The first-order valence-corrected chi connectivity index (χ1v) is 10.5. The minimum Gasteiger partial charge on any atom is -0.493 e. The molecule has 1 atom stereocenters. The Labute approximate surface area is 185 Å². The largest absolute Gasteiger partial charge is 0.493 e. The van der Waals surface area contributed by atoms with E-state index < -0.39 is 0 Å². The number of hydrogen-bond acceptors (Lipinski definition) is 5. The number of anilines is 1. The average Bonchev–Trinajstić information content (AvgIpc) is 2.76. The highest BCUT2D eigenvalue weighted by Gasteiger charge is 2.18. The third-order valence-electron chi connectivity index (χ3n) is 4.21. The number of thioether (sulfide) groups is 1. The number of hydrogen-bond donors (Lipinski definition) is 1. The summed E-state index contributed by atoms with van der Waals surface area (Å²) in [6.45, 7) is 1.83. The van der Waals surface area contributed by atoms with Crippen LogP contribution in [0.25, 0.3) is 0 Å². The Hall–Kier alpha value is -2.83. The van der Waals surface area contributed by atoms with Crippen LogP contribution in [0, 0.1) is 0 Å². The molecule has 0 saturated carbocycles. The molecule has 1 N–H and O–H groups in total. The first kappa shape index (κ1) is 21.9. The number of halogens is 1. The fourth-order valence-corrected chi connectivity index (χ4v) is 3.75. The van der Waals surface area contributed by atoms with E-state index in [0.717, 1.165) is 4.90 Å². The monoisotopic (exact) mass is 443 g/mol. The molecule has 0 spiro atoms. The Bertz CT molecular complexity index is 1010. The van der Waals surface area contributed by atoms with Crippen molar-refractivity contribution < 1.29 is 19.0 Å². The highest BCUT2D eigenvalue weighted by molar-refractivity contribution is 8.00. The highest BCUT2D eigenvalue weighted by atomic mass is 35.5. The number of para-hydroxylation sites is 1. The number of rotatable bonds is 8. The van der Waals surface area contributed by atoms with Crippen molar-refractivity contribution in [3.8, 4) is 23.0 Å². The molecule has 0 saturated heterocycles. The summed E-state index contributed by atoms with van der Waals surface area (Å²) < 4.78 is 16.5. The Morgan fingerprint density at radius 1 is 0.933 bits per heavy atom. The van der Waals surface area contributed by atoms with Gasteiger partial charge in [-0.15, -0.1) is 11.8 Å². The minimum atomic E-state index is -0.369. The second-order valence-corrected chi connectivity index (χ2v) is 8.17. The fraction of sp³-hybridized carbons (Fsp3) is 0.174. The predicted octanol–water partition coefficient (Wildman–Crippen LogP) is 6.27. The normalized spacial score (nSPS) is 11.5. The van der Waals surface area contributed by atoms with Gasteiger partial charge in [-0.3, -0.25) is 4.79 Å². The van der Waals surface area contributed by atoms with Crippen LogP contribution in [0.2, 0.25) is 5.02 Å². The van der Waals surface area contributed by atoms with E-state index in [9.17, 15) is 4.79 Å². The lowest BCUT2D eigenvalue weighted by atomic mass is 10.2. The second-order valence-electron chi connectivity index (χ2n) is 6.32. The van der Waals surface area contributed by atoms with Crippen LogP contribution in [0.15, 0.2) is 71.6 Å². The van der Waals surface area contributed by atoms with Crippen LogP contribution in [0.1, 0.15) is 6.92 Å². The molecule has 3 aromatic rings. The zero-order valence-electron chi connectivity index (χ0n) is 16.8. The topological polar surface area (TPSA) is 56.8 Å². The standard InChI is InChI=1S/C23H22ClNO4S/c1-15(30-18-10-12-21(27-2)22(14-18)28-3)23(26)25-19-13-16(24)9-11-20(19)29-17-7-5-4-6-8-17/h4-15H,1-3H3,(H,25,26)/t15-/m1/s1. The zero-order chi connectivity index (χ0) is 21.5. The molecule has 0 bridgehead atoms. The van der Waals surface area contributed by atoms with Crippen molar-refractivity contribution in [2.45, 2.75) is 17.1 Å². The van der Waals surface area contributed by atoms with Gasteiger partial charge in [0.15, 0.2) is 17.2 Å². The number of nitrogens with one attached hydrogen (secondary N) is 1. The maximum Gasteiger partial charge on any atom is 0.237 e. The molecule has 30 heavy (non-hydrogen) atoms. The van der Waals surface area contributed by atoms with E-state index in [-0.39, 0.29) is 11.2 Å². The molecule has 0 heterocycles. The summed E-state index contributed by atoms with van der Waals surface area (Å²) in [6, 6.07) is 20.0. The quantitative estimate of drug-likeness (QED) is 0.416. The highest BCUT2D eigenvalue weighted by Crippen LogP contribution is 2.35. The van der Waals surface area contributed by atoms with Gasteiger partial charge in [-0.25, -0.2) is 0 Å². The summed E-state index contributed by atoms with van der Waals surface area (Å²) in [5, 5.41) is 3.05. The molecule has 7 heteroatoms. The van der Waals surface area contributed by atoms with Gasteiger partial charge in [-0.05, 0) is 55.5 Å². The summed E-state index contributed by atoms with van der Waals surface area (Å²) in [7, 11) is 3.16. The molecule has 0 aliphatic carbocycles. The summed E-state index contributed by atoms with van der Waals surface area (Å²) in [5.74, 6) is 2.27. The molecule has 5 nitrogen and oxygen atoms in total. The van der Waals surface area contributed by atoms with Crippen LogP contribution in [-0.2, 0) is 4.79 Å². The van der Waals surface area contributed by atoms with Gasteiger partial charge in [-0.2, -0.15) is 0 Å². The summed E-state index contributed by atoms with van der Waals surface area (Å²) in [6.07, 6.45) is 0. The third-order valence-corrected chi connectivity index (χ3v) is 5.54. The van der Waals surface area contributed by atoms with Crippen molar-refractivity contribution in [2.24, 2.45) is 0 Å². The third kappa shape index (κ3) is 5.62. The Balaban J connectivity index is 1.73. The molecule has 0 aromatic heterocycles. The number of carbonyl (C=O) groups is 1. The van der Waals surface area contributed by atoms with Gasteiger partial charge < -0.3 is 19.5 Å². The number of benzene rings is 3. The number of ether oxygens (including phenoxy) is 3. The van der Waals surface area contributed by atoms with E-state index in [0.29, 0.717) is 33.7 Å². The lowest BCUT2D eigenvalue weighted by molar-refractivity contribution is -0.115. The van der Waals surface area contributed by atoms with Gasteiger partial charge in [0.2, 0.25) is 5.91 Å². The SMILES string of the molecule is COc1ccc(S[C@H](C)C(=O)Nc2cc(Cl)ccc2Oc2ccccc2)cc1OC. The Morgan fingerprint density at radius 2 is 1.63 bits per heavy atom. The van der Waals surface area contributed by atoms with Crippen molar-refractivity contribution in [3.05, 3.63) is 71.8 Å². The van der Waals surface area contributed by atoms with E-state index in [1.165, 1.54) is 11.8 Å². The molecule has 0 fully saturated rings.